The van der Waals surface area contributed by atoms with E-state index in [1.165, 1.54) is 25.7 Å². The van der Waals surface area contributed by atoms with Gasteiger partial charge in [-0.15, -0.1) is 0 Å². The topological polar surface area (TPSA) is 154 Å². The number of nitrogens with zero attached hydrogens (tertiary/aromatic N) is 2. The summed E-state index contributed by atoms with van der Waals surface area (Å²) in [6, 6.07) is 20.4. The molecule has 0 amide bonds. The van der Waals surface area contributed by atoms with E-state index < -0.39 is 36.7 Å². The Morgan fingerprint density at radius 1 is 0.872 bits per heavy atom. The third-order valence-electron chi connectivity index (χ3n) is 9.13. The molecule has 3 aromatic carbocycles. The zero-order valence-electron chi connectivity index (χ0n) is 26.4. The molecular formula is C36H42N2O9. The molecule has 4 aromatic rings. The van der Waals surface area contributed by atoms with Gasteiger partial charge in [0.1, 0.15) is 42.2 Å². The number of aliphatic carboxylic acids is 1. The lowest BCUT2D eigenvalue weighted by molar-refractivity contribution is -0.271. The zero-order chi connectivity index (χ0) is 33.1. The number of phenolic OH excluding ortho intramolecular Hbond substituents is 1. The maximum Gasteiger partial charge on any atom is 0.335 e. The molecule has 6 rings (SSSR count). The summed E-state index contributed by atoms with van der Waals surface area (Å²) in [7, 11) is 0. The van der Waals surface area contributed by atoms with Crippen molar-refractivity contribution < 1.29 is 44.5 Å². The highest BCUT2D eigenvalue weighted by Gasteiger charge is 2.48. The number of carboxylic acid groups (broad SMARTS) is 1. The fourth-order valence-electron chi connectivity index (χ4n) is 6.54. The molecule has 2 saturated heterocycles. The van der Waals surface area contributed by atoms with Crippen molar-refractivity contribution in [3.63, 3.8) is 0 Å². The van der Waals surface area contributed by atoms with E-state index >= 15 is 0 Å². The number of ether oxygens (including phenoxy) is 3. The molecular weight excluding hydrogens is 604 g/mol. The first-order valence-corrected chi connectivity index (χ1v) is 16.1. The largest absolute Gasteiger partial charge is 0.508 e. The Hall–Kier alpha value is -4.13. The molecule has 0 unspecified atom stereocenters. The van der Waals surface area contributed by atoms with Gasteiger partial charge in [0.25, 0.3) is 0 Å². The normalized spacial score (nSPS) is 23.8. The molecule has 1 aromatic heterocycles. The van der Waals surface area contributed by atoms with E-state index in [9.17, 15) is 30.3 Å². The molecule has 0 bridgehead atoms. The minimum absolute atomic E-state index is 0.161. The molecule has 11 nitrogen and oxygen atoms in total. The van der Waals surface area contributed by atoms with Gasteiger partial charge in [-0.05, 0) is 104 Å². The van der Waals surface area contributed by atoms with Crippen molar-refractivity contribution in [3.8, 4) is 28.5 Å². The summed E-state index contributed by atoms with van der Waals surface area (Å²) in [6.07, 6.45) is -3.40. The molecule has 0 saturated carbocycles. The Morgan fingerprint density at radius 3 is 2.23 bits per heavy atom. The lowest BCUT2D eigenvalue weighted by atomic mass is 9.99. The maximum absolute atomic E-state index is 11.6. The van der Waals surface area contributed by atoms with Crippen LogP contribution in [0.2, 0.25) is 0 Å². The summed E-state index contributed by atoms with van der Waals surface area (Å²) in [6.45, 7) is 6.38. The smallest absolute Gasteiger partial charge is 0.335 e. The number of aryl methyl sites for hydroxylation is 1. The van der Waals surface area contributed by atoms with Gasteiger partial charge in [0.15, 0.2) is 6.10 Å². The molecule has 11 heteroatoms. The number of carboxylic acids is 1. The number of aromatic nitrogens is 1. The first kappa shape index (κ1) is 32.8. The molecule has 2 aliphatic heterocycles. The van der Waals surface area contributed by atoms with Gasteiger partial charge in [-0.1, -0.05) is 25.0 Å². The number of aromatic hydroxyl groups is 1. The summed E-state index contributed by atoms with van der Waals surface area (Å²) in [5.41, 5.74) is 4.75. The van der Waals surface area contributed by atoms with Crippen molar-refractivity contribution in [2.24, 2.45) is 0 Å². The maximum atomic E-state index is 11.6. The van der Waals surface area contributed by atoms with E-state index in [1.807, 2.05) is 37.3 Å². The Bertz CT molecular complexity index is 1660. The number of carbonyl (C=O) groups is 1. The molecule has 3 heterocycles. The monoisotopic (exact) mass is 646 g/mol. The van der Waals surface area contributed by atoms with Crippen molar-refractivity contribution in [3.05, 3.63) is 77.9 Å². The predicted octanol–water partition coefficient (Wildman–Crippen LogP) is 3.90. The summed E-state index contributed by atoms with van der Waals surface area (Å²) in [5.74, 6) is -0.207. The summed E-state index contributed by atoms with van der Waals surface area (Å²) in [5, 5.41) is 50.9. The van der Waals surface area contributed by atoms with Crippen LogP contribution in [-0.2, 0) is 16.1 Å². The van der Waals surface area contributed by atoms with E-state index in [0.29, 0.717) is 13.2 Å². The fraction of sp³-hybridized carbons (Fsp3) is 0.417. The molecule has 250 valence electrons. The Labute approximate surface area is 273 Å². The van der Waals surface area contributed by atoms with E-state index in [-0.39, 0.29) is 11.5 Å². The van der Waals surface area contributed by atoms with E-state index in [0.717, 1.165) is 58.7 Å². The molecule has 2 aliphatic rings. The summed E-state index contributed by atoms with van der Waals surface area (Å²) < 4.78 is 19.4. The van der Waals surface area contributed by atoms with E-state index in [2.05, 4.69) is 21.6 Å². The molecule has 47 heavy (non-hydrogen) atoms. The van der Waals surface area contributed by atoms with Gasteiger partial charge in [-0.25, -0.2) is 4.79 Å². The number of hydrogen-bond donors (Lipinski definition) is 5. The average molecular weight is 647 g/mol. The molecule has 0 spiro atoms. The number of rotatable bonds is 10. The average Bonchev–Trinajstić information content (AvgIpc) is 3.19. The Morgan fingerprint density at radius 2 is 1.55 bits per heavy atom. The molecule has 5 N–H and O–H groups in total. The third kappa shape index (κ3) is 7.24. The van der Waals surface area contributed by atoms with Gasteiger partial charge < -0.3 is 44.3 Å². The van der Waals surface area contributed by atoms with Crippen LogP contribution in [0.4, 0.5) is 0 Å². The van der Waals surface area contributed by atoms with Gasteiger partial charge in [-0.2, -0.15) is 0 Å². The van der Waals surface area contributed by atoms with Crippen molar-refractivity contribution in [2.45, 2.75) is 69.9 Å². The zero-order valence-corrected chi connectivity index (χ0v) is 26.4. The first-order valence-electron chi connectivity index (χ1n) is 16.1. The van der Waals surface area contributed by atoms with Crippen LogP contribution in [0.5, 0.6) is 17.2 Å². The number of hydrogen-bond acceptors (Lipinski definition) is 9. The first-order chi connectivity index (χ1) is 22.7. The highest BCUT2D eigenvalue weighted by atomic mass is 16.7. The highest BCUT2D eigenvalue weighted by Crippen LogP contribution is 2.37. The van der Waals surface area contributed by atoms with Gasteiger partial charge in [0, 0.05) is 24.0 Å². The second kappa shape index (κ2) is 14.3. The number of aliphatic hydroxyl groups excluding tert-OH is 3. The van der Waals surface area contributed by atoms with E-state index in [4.69, 9.17) is 14.2 Å². The fourth-order valence-corrected chi connectivity index (χ4v) is 6.54. The minimum Gasteiger partial charge on any atom is -0.508 e. The van der Waals surface area contributed by atoms with Crippen LogP contribution >= 0.6 is 0 Å². The van der Waals surface area contributed by atoms with Gasteiger partial charge in [0.2, 0.25) is 6.29 Å². The molecule has 5 atom stereocenters. The van der Waals surface area contributed by atoms with Crippen molar-refractivity contribution in [1.29, 1.82) is 0 Å². The lowest BCUT2D eigenvalue weighted by Crippen LogP contribution is -2.61. The van der Waals surface area contributed by atoms with Gasteiger partial charge >= 0.3 is 5.97 Å². The van der Waals surface area contributed by atoms with Gasteiger partial charge in [0.05, 0.1) is 5.69 Å². The second-order valence-electron chi connectivity index (χ2n) is 12.4. The number of benzene rings is 3. The van der Waals surface area contributed by atoms with Crippen molar-refractivity contribution in [1.82, 2.24) is 9.47 Å². The van der Waals surface area contributed by atoms with Crippen LogP contribution in [-0.4, -0.2) is 97.9 Å². The third-order valence-corrected chi connectivity index (χ3v) is 9.13. The van der Waals surface area contributed by atoms with Crippen LogP contribution in [0.15, 0.2) is 66.7 Å². The minimum atomic E-state index is -1.81. The summed E-state index contributed by atoms with van der Waals surface area (Å²) >= 11 is 0. The standard InChI is InChI=1S/C36H42N2O9/c1-22-28-20-27(46-36-33(42)31(40)32(41)34(47-36)35(43)44)14-15-29(28)38(30(22)24-8-10-25(39)11-9-24)21-23-6-12-26(13-7-23)45-19-18-37-16-4-2-3-5-17-37/h6-15,20,31-34,36,39-42H,2-5,16-19,21H2,1H3,(H,43,44)/t31-,32+,33-,34+,36-/m1/s1. The van der Waals surface area contributed by atoms with Crippen LogP contribution in [0, 0.1) is 6.92 Å². The number of fused-ring (bicyclic) bond motifs is 1. The van der Waals surface area contributed by atoms with E-state index in [1.54, 1.807) is 24.3 Å². The molecule has 0 radical (unpaired) electrons. The SMILES string of the molecule is Cc1c(-c2ccc(O)cc2)n(Cc2ccc(OCCN3CCCCCC3)cc2)c2ccc(O[C@@H]3O[C@H](C(=O)O)[C@@H](O)[C@@H](O)[C@H]3O)cc12. The van der Waals surface area contributed by atoms with Crippen molar-refractivity contribution >= 4 is 16.9 Å². The summed E-state index contributed by atoms with van der Waals surface area (Å²) in [4.78, 5) is 14.0. The van der Waals surface area contributed by atoms with Crippen LogP contribution in [0.3, 0.4) is 0 Å². The predicted molar refractivity (Wildman–Crippen MR) is 175 cm³/mol. The van der Waals surface area contributed by atoms with Crippen LogP contribution in [0.25, 0.3) is 22.2 Å². The van der Waals surface area contributed by atoms with Gasteiger partial charge in [-0.3, -0.25) is 4.90 Å². The number of aliphatic hydroxyl groups is 3. The Kier molecular flexibility index (Phi) is 10.00. The second-order valence-corrected chi connectivity index (χ2v) is 12.4. The van der Waals surface area contributed by atoms with Crippen LogP contribution < -0.4 is 9.47 Å². The lowest BCUT2D eigenvalue weighted by Gasteiger charge is -2.38. The van der Waals surface area contributed by atoms with Crippen molar-refractivity contribution in [2.75, 3.05) is 26.2 Å². The van der Waals surface area contributed by atoms with Crippen LogP contribution in [0.1, 0.15) is 36.8 Å². The highest BCUT2D eigenvalue weighted by molar-refractivity contribution is 5.92. The number of likely N-dealkylation sites (tertiary alicyclic amines) is 1. The quantitative estimate of drug-likeness (QED) is 0.171. The molecule has 0 aliphatic carbocycles. The molecule has 2 fully saturated rings. The number of phenols is 1. The Balaban J connectivity index is 1.24.